The minimum Gasteiger partial charge on any atom is -0.495 e. The lowest BCUT2D eigenvalue weighted by atomic mass is 9.95. The third-order valence-corrected chi connectivity index (χ3v) is 3.29. The average Bonchev–Trinajstić information content (AvgIpc) is 2.44. The Balaban J connectivity index is 3.02. The number of carbonyl (C=O) groups excluding carboxylic acids is 1. The molecule has 0 bridgehead atoms. The van der Waals surface area contributed by atoms with E-state index in [1.165, 1.54) is 7.11 Å². The monoisotopic (exact) mass is 310 g/mol. The first-order valence-electron chi connectivity index (χ1n) is 7.09. The van der Waals surface area contributed by atoms with Crippen LogP contribution in [0.5, 0.6) is 5.75 Å². The number of carbonyl (C=O) groups is 1. The fourth-order valence-electron chi connectivity index (χ4n) is 1.86. The van der Waals surface area contributed by atoms with Gasteiger partial charge >= 0.3 is 6.09 Å². The molecule has 0 saturated carbocycles. The predicted octanol–water partition coefficient (Wildman–Crippen LogP) is 2.86. The van der Waals surface area contributed by atoms with Gasteiger partial charge in [-0.3, -0.25) is 5.32 Å². The van der Waals surface area contributed by atoms with Crippen molar-refractivity contribution < 1.29 is 19.0 Å². The van der Waals surface area contributed by atoms with Crippen molar-refractivity contribution in [3.8, 4) is 5.75 Å². The van der Waals surface area contributed by atoms with Gasteiger partial charge in [0.05, 0.1) is 12.8 Å². The van der Waals surface area contributed by atoms with Gasteiger partial charge in [-0.1, -0.05) is 6.07 Å². The smallest absolute Gasteiger partial charge is 0.412 e. The molecule has 1 rings (SSSR count). The quantitative estimate of drug-likeness (QED) is 0.874. The average molecular weight is 310 g/mol. The number of nitrogens with one attached hydrogen (secondary N) is 1. The Kier molecular flexibility index (Phi) is 5.79. The van der Waals surface area contributed by atoms with Crippen LogP contribution < -0.4 is 15.8 Å². The molecule has 0 radical (unpaired) electrons. The number of hydrogen-bond acceptors (Lipinski definition) is 5. The number of rotatable bonds is 5. The zero-order chi connectivity index (χ0) is 17.0. The summed E-state index contributed by atoms with van der Waals surface area (Å²) in [6, 6.07) is 5.37. The Morgan fingerprint density at radius 3 is 2.32 bits per heavy atom. The maximum Gasteiger partial charge on any atom is 0.412 e. The molecule has 0 aromatic heterocycles. The van der Waals surface area contributed by atoms with Gasteiger partial charge in [0, 0.05) is 13.7 Å². The summed E-state index contributed by atoms with van der Waals surface area (Å²) >= 11 is 0. The topological polar surface area (TPSA) is 82.8 Å². The molecule has 1 atom stereocenters. The van der Waals surface area contributed by atoms with Crippen LogP contribution in [0.15, 0.2) is 18.2 Å². The minimum atomic E-state index is -0.613. The van der Waals surface area contributed by atoms with Crippen LogP contribution >= 0.6 is 0 Å². The maximum absolute atomic E-state index is 11.9. The molecule has 22 heavy (non-hydrogen) atoms. The van der Waals surface area contributed by atoms with E-state index in [-0.39, 0.29) is 0 Å². The number of nitrogens with two attached hydrogens (primary N) is 1. The number of amides is 1. The van der Waals surface area contributed by atoms with Crippen LogP contribution in [0, 0.1) is 0 Å². The van der Waals surface area contributed by atoms with E-state index in [2.05, 4.69) is 5.32 Å². The zero-order valence-electron chi connectivity index (χ0n) is 14.1. The van der Waals surface area contributed by atoms with Gasteiger partial charge in [-0.25, -0.2) is 4.79 Å². The van der Waals surface area contributed by atoms with Crippen LogP contribution in [0.25, 0.3) is 0 Å². The van der Waals surface area contributed by atoms with Gasteiger partial charge in [-0.15, -0.1) is 0 Å². The van der Waals surface area contributed by atoms with Crippen molar-refractivity contribution in [3.63, 3.8) is 0 Å². The molecule has 1 unspecified atom stereocenters. The van der Waals surface area contributed by atoms with Crippen molar-refractivity contribution in [3.05, 3.63) is 23.8 Å². The van der Waals surface area contributed by atoms with Crippen molar-refractivity contribution in [2.75, 3.05) is 26.1 Å². The molecular weight excluding hydrogens is 284 g/mol. The standard InChI is InChI=1S/C16H26N2O4/c1-15(2,3)22-14(19)18-12-8-7-11(9-13(12)20-5)16(4,10-17)21-6/h7-9H,10,17H2,1-6H3,(H,18,19). The van der Waals surface area contributed by atoms with E-state index >= 15 is 0 Å². The fourth-order valence-corrected chi connectivity index (χ4v) is 1.86. The van der Waals surface area contributed by atoms with Crippen molar-refractivity contribution in [1.82, 2.24) is 0 Å². The third-order valence-electron chi connectivity index (χ3n) is 3.29. The largest absolute Gasteiger partial charge is 0.495 e. The third kappa shape index (κ3) is 4.61. The highest BCUT2D eigenvalue weighted by Gasteiger charge is 2.26. The molecule has 0 aliphatic carbocycles. The molecule has 1 amide bonds. The molecule has 3 N–H and O–H groups in total. The normalized spacial score (nSPS) is 14.1. The molecular formula is C16H26N2O4. The lowest BCUT2D eigenvalue weighted by molar-refractivity contribution is 0.00994. The van der Waals surface area contributed by atoms with Crippen molar-refractivity contribution in [2.45, 2.75) is 38.9 Å². The van der Waals surface area contributed by atoms with Crippen LogP contribution in [0.4, 0.5) is 10.5 Å². The molecule has 0 fully saturated rings. The predicted molar refractivity (Wildman–Crippen MR) is 86.3 cm³/mol. The van der Waals surface area contributed by atoms with Crippen LogP contribution in [-0.4, -0.2) is 32.5 Å². The number of anilines is 1. The Labute approximate surface area is 131 Å². The first-order chi connectivity index (χ1) is 10.1. The summed E-state index contributed by atoms with van der Waals surface area (Å²) in [5.74, 6) is 0.514. The molecule has 124 valence electrons. The summed E-state index contributed by atoms with van der Waals surface area (Å²) in [7, 11) is 3.14. The first kappa shape index (κ1) is 18.3. The summed E-state index contributed by atoms with van der Waals surface area (Å²) in [5, 5.41) is 2.67. The second-order valence-corrected chi connectivity index (χ2v) is 6.18. The number of ether oxygens (including phenoxy) is 3. The number of benzene rings is 1. The molecule has 0 aliphatic rings. The molecule has 1 aromatic carbocycles. The van der Waals surface area contributed by atoms with Crippen molar-refractivity contribution >= 4 is 11.8 Å². The van der Waals surface area contributed by atoms with Crippen molar-refractivity contribution in [1.29, 1.82) is 0 Å². The Bertz CT molecular complexity index is 519. The Morgan fingerprint density at radius 1 is 1.23 bits per heavy atom. The van der Waals surface area contributed by atoms with E-state index < -0.39 is 17.3 Å². The van der Waals surface area contributed by atoms with Crippen molar-refractivity contribution in [2.24, 2.45) is 5.73 Å². The molecule has 0 saturated heterocycles. The summed E-state index contributed by atoms with van der Waals surface area (Å²) in [5.41, 5.74) is 5.99. The van der Waals surface area contributed by atoms with Gasteiger partial charge < -0.3 is 19.9 Å². The van der Waals surface area contributed by atoms with E-state index in [1.807, 2.05) is 13.0 Å². The Morgan fingerprint density at radius 2 is 1.86 bits per heavy atom. The van der Waals surface area contributed by atoms with Gasteiger partial charge in [0.25, 0.3) is 0 Å². The molecule has 6 nitrogen and oxygen atoms in total. The number of hydrogen-bond donors (Lipinski definition) is 2. The lowest BCUT2D eigenvalue weighted by Crippen LogP contribution is -2.33. The van der Waals surface area contributed by atoms with Gasteiger partial charge in [0.1, 0.15) is 17.0 Å². The SMILES string of the molecule is COc1cc(C(C)(CN)OC)ccc1NC(=O)OC(C)(C)C. The second kappa shape index (κ2) is 6.98. The molecule has 6 heteroatoms. The second-order valence-electron chi connectivity index (χ2n) is 6.18. The van der Waals surface area contributed by atoms with Gasteiger partial charge in [0.2, 0.25) is 0 Å². The lowest BCUT2D eigenvalue weighted by Gasteiger charge is -2.28. The highest BCUT2D eigenvalue weighted by atomic mass is 16.6. The summed E-state index contributed by atoms with van der Waals surface area (Å²) in [6.07, 6.45) is -0.535. The first-order valence-corrected chi connectivity index (χ1v) is 7.09. The highest BCUT2D eigenvalue weighted by Crippen LogP contribution is 2.32. The van der Waals surface area contributed by atoms with Crippen LogP contribution in [0.1, 0.15) is 33.3 Å². The minimum absolute atomic E-state index is 0.325. The fraction of sp³-hybridized carbons (Fsp3) is 0.562. The molecule has 0 aliphatic heterocycles. The van der Waals surface area contributed by atoms with Crippen LogP contribution in [0.2, 0.25) is 0 Å². The number of methoxy groups -OCH3 is 2. The molecule has 1 aromatic rings. The summed E-state index contributed by atoms with van der Waals surface area (Å²) in [4.78, 5) is 11.9. The summed E-state index contributed by atoms with van der Waals surface area (Å²) in [6.45, 7) is 7.63. The van der Waals surface area contributed by atoms with E-state index in [0.29, 0.717) is 18.0 Å². The van der Waals surface area contributed by atoms with E-state index in [1.54, 1.807) is 40.0 Å². The van der Waals surface area contributed by atoms with Crippen LogP contribution in [-0.2, 0) is 15.1 Å². The maximum atomic E-state index is 11.9. The van der Waals surface area contributed by atoms with Gasteiger partial charge in [-0.05, 0) is 45.4 Å². The van der Waals surface area contributed by atoms with E-state index in [0.717, 1.165) is 5.56 Å². The Hall–Kier alpha value is -1.79. The van der Waals surface area contributed by atoms with Gasteiger partial charge in [0.15, 0.2) is 0 Å². The summed E-state index contributed by atoms with van der Waals surface area (Å²) < 4.78 is 16.0. The van der Waals surface area contributed by atoms with E-state index in [4.69, 9.17) is 19.9 Å². The molecule has 0 spiro atoms. The zero-order valence-corrected chi connectivity index (χ0v) is 14.1. The highest BCUT2D eigenvalue weighted by molar-refractivity contribution is 5.87. The van der Waals surface area contributed by atoms with Gasteiger partial charge in [-0.2, -0.15) is 0 Å². The van der Waals surface area contributed by atoms with Crippen LogP contribution in [0.3, 0.4) is 0 Å². The van der Waals surface area contributed by atoms with E-state index in [9.17, 15) is 4.79 Å². The molecule has 0 heterocycles.